The lowest BCUT2D eigenvalue weighted by atomic mass is 9.85. The fourth-order valence-electron chi connectivity index (χ4n) is 3.91. The van der Waals surface area contributed by atoms with Gasteiger partial charge in [0.25, 0.3) is 0 Å². The first-order chi connectivity index (χ1) is 11.4. The van der Waals surface area contributed by atoms with Gasteiger partial charge < -0.3 is 15.4 Å². The summed E-state index contributed by atoms with van der Waals surface area (Å²) in [5.74, 6) is 1.49. The summed E-state index contributed by atoms with van der Waals surface area (Å²) < 4.78 is 8.22. The number of amides is 1. The number of aromatic nitrogens is 3. The maximum Gasteiger partial charge on any atom is 0.410 e. The van der Waals surface area contributed by atoms with E-state index in [0.717, 1.165) is 30.6 Å². The van der Waals surface area contributed by atoms with Crippen LogP contribution in [0.3, 0.4) is 0 Å². The van der Waals surface area contributed by atoms with Crippen molar-refractivity contribution in [3.8, 4) is 0 Å². The number of anilines is 1. The van der Waals surface area contributed by atoms with Gasteiger partial charge >= 0.3 is 6.09 Å². The molecule has 2 aliphatic heterocycles. The number of imidazole rings is 1. The van der Waals surface area contributed by atoms with Crippen LogP contribution in [0.4, 0.5) is 10.6 Å². The van der Waals surface area contributed by atoms with Gasteiger partial charge in [0.15, 0.2) is 5.82 Å². The molecule has 128 valence electrons. The van der Waals surface area contributed by atoms with E-state index in [1.807, 2.05) is 29.3 Å². The van der Waals surface area contributed by atoms with Gasteiger partial charge in [-0.15, -0.1) is 0 Å². The third-order valence-electron chi connectivity index (χ3n) is 4.96. The van der Waals surface area contributed by atoms with E-state index in [1.165, 1.54) is 0 Å². The zero-order chi connectivity index (χ0) is 17.1. The quantitative estimate of drug-likeness (QED) is 0.804. The number of halogens is 1. The second-order valence-corrected chi connectivity index (χ2v) is 7.96. The zero-order valence-corrected chi connectivity index (χ0v) is 15.3. The Bertz CT molecular complexity index is 818. The Kier molecular flexibility index (Phi) is 3.49. The average Bonchev–Trinajstić information content (AvgIpc) is 2.84. The van der Waals surface area contributed by atoms with Crippen molar-refractivity contribution in [1.29, 1.82) is 0 Å². The smallest absolute Gasteiger partial charge is 0.410 e. The molecule has 2 unspecified atom stereocenters. The molecule has 0 aliphatic carbocycles. The molecular weight excluding hydrogens is 374 g/mol. The van der Waals surface area contributed by atoms with Gasteiger partial charge in [-0.25, -0.2) is 14.8 Å². The largest absolute Gasteiger partial charge is 0.443 e. The number of rotatable bonds is 1. The summed E-state index contributed by atoms with van der Waals surface area (Å²) >= 11 is 3.47. The van der Waals surface area contributed by atoms with Crippen LogP contribution in [0.1, 0.15) is 44.9 Å². The molecule has 2 aromatic heterocycles. The average molecular weight is 394 g/mol. The molecule has 0 saturated carbocycles. The maximum absolute atomic E-state index is 12.4. The van der Waals surface area contributed by atoms with E-state index in [0.29, 0.717) is 17.0 Å². The highest BCUT2D eigenvalue weighted by molar-refractivity contribution is 9.10. The standard InChI is InChI=1S/C16H20BrN5O2/c1-16(2)7-10-4-3-9(8-22(10)15(23)24-16)14-20-12(17)11-13(18)19-5-6-21(11)14/h5-6,9-10H,3-4,7-8H2,1-2H3,(H2,18,19). The molecule has 2 N–H and O–H groups in total. The van der Waals surface area contributed by atoms with Crippen molar-refractivity contribution in [3.63, 3.8) is 0 Å². The summed E-state index contributed by atoms with van der Waals surface area (Å²) in [6, 6.07) is 0.249. The van der Waals surface area contributed by atoms with Crippen LogP contribution in [0.15, 0.2) is 17.0 Å². The molecule has 2 atom stereocenters. The summed E-state index contributed by atoms with van der Waals surface area (Å²) in [6.07, 6.45) is 6.12. The molecular formula is C16H20BrN5O2. The van der Waals surface area contributed by atoms with Crippen LogP contribution in [-0.4, -0.2) is 43.5 Å². The molecule has 1 amide bonds. The molecule has 8 heteroatoms. The lowest BCUT2D eigenvalue weighted by Crippen LogP contribution is -2.55. The summed E-state index contributed by atoms with van der Waals surface area (Å²) in [5, 5.41) is 0. The van der Waals surface area contributed by atoms with Crippen molar-refractivity contribution < 1.29 is 9.53 Å². The van der Waals surface area contributed by atoms with Gasteiger partial charge in [-0.3, -0.25) is 4.40 Å². The number of fused-ring (bicyclic) bond motifs is 2. The fourth-order valence-corrected chi connectivity index (χ4v) is 4.48. The highest BCUT2D eigenvalue weighted by atomic mass is 79.9. The van der Waals surface area contributed by atoms with E-state index in [9.17, 15) is 4.79 Å². The molecule has 4 heterocycles. The predicted octanol–water partition coefficient (Wildman–Crippen LogP) is 2.94. The number of ether oxygens (including phenoxy) is 1. The van der Waals surface area contributed by atoms with E-state index in [4.69, 9.17) is 10.5 Å². The fraction of sp³-hybridized carbons (Fsp3) is 0.562. The summed E-state index contributed by atoms with van der Waals surface area (Å²) in [7, 11) is 0. The summed E-state index contributed by atoms with van der Waals surface area (Å²) in [6.45, 7) is 4.57. The number of hydrogen-bond acceptors (Lipinski definition) is 5. The minimum absolute atomic E-state index is 0.149. The lowest BCUT2D eigenvalue weighted by Gasteiger charge is -2.46. The highest BCUT2D eigenvalue weighted by Crippen LogP contribution is 2.38. The Morgan fingerprint density at radius 3 is 3.00 bits per heavy atom. The van der Waals surface area contributed by atoms with Crippen molar-refractivity contribution in [3.05, 3.63) is 22.8 Å². The summed E-state index contributed by atoms with van der Waals surface area (Å²) in [4.78, 5) is 23.0. The number of hydrogen-bond donors (Lipinski definition) is 1. The normalized spacial score (nSPS) is 26.3. The molecule has 2 aliphatic rings. The van der Waals surface area contributed by atoms with Crippen LogP contribution < -0.4 is 5.73 Å². The zero-order valence-electron chi connectivity index (χ0n) is 13.7. The molecule has 7 nitrogen and oxygen atoms in total. The number of cyclic esters (lactones) is 1. The molecule has 0 radical (unpaired) electrons. The Hall–Kier alpha value is -1.83. The van der Waals surface area contributed by atoms with Gasteiger partial charge in [0.1, 0.15) is 21.5 Å². The first-order valence-electron chi connectivity index (χ1n) is 8.13. The van der Waals surface area contributed by atoms with Crippen molar-refractivity contribution in [2.24, 2.45) is 0 Å². The number of carbonyl (C=O) groups excluding carboxylic acids is 1. The molecule has 4 rings (SSSR count). The van der Waals surface area contributed by atoms with Crippen LogP contribution in [0.5, 0.6) is 0 Å². The minimum Gasteiger partial charge on any atom is -0.443 e. The van der Waals surface area contributed by atoms with Gasteiger partial charge in [0.2, 0.25) is 0 Å². The first kappa shape index (κ1) is 15.7. The molecule has 0 aromatic carbocycles. The van der Waals surface area contributed by atoms with Gasteiger partial charge in [0.05, 0.1) is 0 Å². The Balaban J connectivity index is 1.66. The van der Waals surface area contributed by atoms with E-state index in [2.05, 4.69) is 25.9 Å². The topological polar surface area (TPSA) is 85.8 Å². The minimum atomic E-state index is -0.381. The molecule has 0 spiro atoms. The van der Waals surface area contributed by atoms with Crippen molar-refractivity contribution in [2.45, 2.75) is 50.7 Å². The third kappa shape index (κ3) is 2.44. The lowest BCUT2D eigenvalue weighted by molar-refractivity contribution is -0.0603. The van der Waals surface area contributed by atoms with Crippen LogP contribution in [0, 0.1) is 0 Å². The van der Waals surface area contributed by atoms with Gasteiger partial charge in [0, 0.05) is 37.3 Å². The second kappa shape index (κ2) is 5.34. The first-order valence-corrected chi connectivity index (χ1v) is 8.92. The molecule has 2 saturated heterocycles. The molecule has 0 bridgehead atoms. The van der Waals surface area contributed by atoms with Gasteiger partial charge in [-0.2, -0.15) is 0 Å². The second-order valence-electron chi connectivity index (χ2n) is 7.20. The van der Waals surface area contributed by atoms with Crippen LogP contribution in [0.2, 0.25) is 0 Å². The Morgan fingerprint density at radius 1 is 1.42 bits per heavy atom. The monoisotopic (exact) mass is 393 g/mol. The van der Waals surface area contributed by atoms with E-state index >= 15 is 0 Å². The van der Waals surface area contributed by atoms with Gasteiger partial charge in [-0.1, -0.05) is 0 Å². The predicted molar refractivity (Wildman–Crippen MR) is 92.7 cm³/mol. The van der Waals surface area contributed by atoms with Crippen LogP contribution in [0.25, 0.3) is 5.52 Å². The van der Waals surface area contributed by atoms with Crippen molar-refractivity contribution in [2.75, 3.05) is 12.3 Å². The number of nitrogens with two attached hydrogens (primary N) is 1. The van der Waals surface area contributed by atoms with Crippen LogP contribution >= 0.6 is 15.9 Å². The third-order valence-corrected chi connectivity index (χ3v) is 5.52. The SMILES string of the molecule is CC1(C)CC2CCC(c3nc(Br)c4c(N)nccn34)CN2C(=O)O1. The van der Waals surface area contributed by atoms with E-state index in [-0.39, 0.29) is 23.7 Å². The van der Waals surface area contributed by atoms with Crippen molar-refractivity contribution >= 4 is 33.4 Å². The highest BCUT2D eigenvalue weighted by Gasteiger charge is 2.43. The summed E-state index contributed by atoms with van der Waals surface area (Å²) in [5.41, 5.74) is 6.37. The number of carbonyl (C=O) groups is 1. The Morgan fingerprint density at radius 2 is 2.21 bits per heavy atom. The molecule has 2 aromatic rings. The molecule has 2 fully saturated rings. The van der Waals surface area contributed by atoms with Gasteiger partial charge in [-0.05, 0) is 42.6 Å². The van der Waals surface area contributed by atoms with Crippen LogP contribution in [-0.2, 0) is 4.74 Å². The van der Waals surface area contributed by atoms with E-state index < -0.39 is 0 Å². The Labute approximate surface area is 148 Å². The van der Waals surface area contributed by atoms with E-state index in [1.54, 1.807) is 6.20 Å². The molecule has 24 heavy (non-hydrogen) atoms. The van der Waals surface area contributed by atoms with Crippen molar-refractivity contribution in [1.82, 2.24) is 19.3 Å². The number of piperidine rings is 1. The maximum atomic E-state index is 12.4. The number of nitrogens with zero attached hydrogens (tertiary/aromatic N) is 4. The number of nitrogen functional groups attached to an aromatic ring is 1.